The third-order valence-electron chi connectivity index (χ3n) is 13.6. The van der Waals surface area contributed by atoms with Crippen LogP contribution in [0.1, 0.15) is 157 Å². The van der Waals surface area contributed by atoms with E-state index >= 15 is 0 Å². The second-order valence-electron chi connectivity index (χ2n) is 23.0. The molecule has 0 aliphatic carbocycles. The number of nitrogens with zero attached hydrogens (tertiary/aromatic N) is 4. The highest BCUT2D eigenvalue weighted by atomic mass is 28.4. The lowest BCUT2D eigenvalue weighted by Gasteiger charge is -2.37. The quantitative estimate of drug-likeness (QED) is 0.0470. The molecule has 62 heavy (non-hydrogen) atoms. The largest absolute Gasteiger partial charge is 0.351 e. The van der Waals surface area contributed by atoms with Crippen molar-refractivity contribution in [1.29, 1.82) is 0 Å². The lowest BCUT2D eigenvalue weighted by Crippen LogP contribution is -2.51. The van der Waals surface area contributed by atoms with E-state index < -0.39 is 68.8 Å². The zero-order valence-electron chi connectivity index (χ0n) is 47.6. The van der Waals surface area contributed by atoms with Crippen molar-refractivity contribution in [1.82, 2.24) is 16.9 Å². The van der Waals surface area contributed by atoms with E-state index in [1.54, 1.807) is 12.1 Å². The Labute approximate surface area is 407 Å². The van der Waals surface area contributed by atoms with Crippen molar-refractivity contribution in [3.8, 4) is 0 Å². The Balaban J connectivity index is -0.000000378. The number of hydrogen-bond acceptors (Lipinski definition) is 4. The molecule has 0 aliphatic heterocycles. The molecule has 0 saturated carbocycles. The number of unbranched alkanes of at least 4 members (excludes halogenated alkanes) is 12. The number of rotatable bonds is 34. The van der Waals surface area contributed by atoms with E-state index in [4.69, 9.17) is 0 Å². The van der Waals surface area contributed by atoms with Crippen LogP contribution >= 0.6 is 0 Å². The first kappa shape index (κ1) is 69.6. The second kappa shape index (κ2) is 41.1. The molecule has 0 saturated heterocycles. The topological polar surface area (TPSA) is 13.0 Å². The predicted octanol–water partition coefficient (Wildman–Crippen LogP) is 16.5. The molecule has 4 nitrogen and oxygen atoms in total. The van der Waals surface area contributed by atoms with Crippen molar-refractivity contribution in [3.05, 3.63) is 24.6 Å². The molecule has 0 fully saturated rings. The minimum Gasteiger partial charge on any atom is -0.351 e. The van der Waals surface area contributed by atoms with Crippen LogP contribution in [-0.2, 0) is 0 Å². The molecule has 0 radical (unpaired) electrons. The van der Waals surface area contributed by atoms with Gasteiger partial charge in [-0.1, -0.05) is 247 Å². The Morgan fingerprint density at radius 1 is 0.306 bits per heavy atom. The molecular formula is C50H124N4Si8. The SMILES string of the molecule is C=C[SiH](C=C)N(C)[Si](C)(C)C.CCCCCCCC[SiH](CCCCCCCC)N(C)[Si](C)(C)C.CCCC[SiH](CCCC)N(C)[Si](C)(C)C.CCC[SiH](CCC)N(C)[Si](C)(C)C. The summed E-state index contributed by atoms with van der Waals surface area (Å²) in [7, 11) is 2.41. The summed E-state index contributed by atoms with van der Waals surface area (Å²) in [5.41, 5.74) is 4.15. The third-order valence-corrected chi connectivity index (χ3v) is 47.5. The van der Waals surface area contributed by atoms with E-state index in [2.05, 4.69) is 190 Å². The first-order valence-corrected chi connectivity index (χ1v) is 49.0. The molecule has 0 aromatic rings. The highest BCUT2D eigenvalue weighted by Gasteiger charge is 2.29. The van der Waals surface area contributed by atoms with Gasteiger partial charge in [-0.3, -0.25) is 0 Å². The van der Waals surface area contributed by atoms with Crippen LogP contribution in [0.2, 0.25) is 115 Å². The van der Waals surface area contributed by atoms with Crippen molar-refractivity contribution >= 4 is 68.8 Å². The van der Waals surface area contributed by atoms with Crippen LogP contribution in [0.25, 0.3) is 0 Å². The molecule has 0 spiro atoms. The van der Waals surface area contributed by atoms with E-state index in [0.29, 0.717) is 0 Å². The minimum atomic E-state index is -1.11. The predicted molar refractivity (Wildman–Crippen MR) is 319 cm³/mol. The third kappa shape index (κ3) is 39.1. The molecule has 0 aliphatic rings. The van der Waals surface area contributed by atoms with Crippen LogP contribution < -0.4 is 0 Å². The maximum atomic E-state index is 3.84. The van der Waals surface area contributed by atoms with Gasteiger partial charge in [0.05, 0.1) is 0 Å². The van der Waals surface area contributed by atoms with Gasteiger partial charge in [0.1, 0.15) is 59.8 Å². The zero-order valence-corrected chi connectivity index (χ0v) is 56.3. The van der Waals surface area contributed by atoms with Crippen LogP contribution in [0.4, 0.5) is 0 Å². The summed E-state index contributed by atoms with van der Waals surface area (Å²) in [6, 6.07) is 9.24. The fraction of sp³-hybridized carbons (Fsp3) is 0.920. The van der Waals surface area contributed by atoms with Crippen LogP contribution in [0.5, 0.6) is 0 Å². The maximum Gasteiger partial charge on any atom is 0.153 e. The molecule has 0 bridgehead atoms. The van der Waals surface area contributed by atoms with Gasteiger partial charge < -0.3 is 16.9 Å². The van der Waals surface area contributed by atoms with Gasteiger partial charge in [-0.2, -0.15) is 0 Å². The Morgan fingerprint density at radius 2 is 0.532 bits per heavy atom. The van der Waals surface area contributed by atoms with Gasteiger partial charge in [-0.15, -0.1) is 13.2 Å². The summed E-state index contributed by atoms with van der Waals surface area (Å²) in [4.78, 5) is 0. The molecule has 0 aromatic heterocycles. The van der Waals surface area contributed by atoms with Gasteiger partial charge in [0.2, 0.25) is 0 Å². The first-order chi connectivity index (χ1) is 28.7. The fourth-order valence-electron chi connectivity index (χ4n) is 7.96. The van der Waals surface area contributed by atoms with E-state index in [-0.39, 0.29) is 0 Å². The van der Waals surface area contributed by atoms with Gasteiger partial charge in [-0.05, 0) is 64.5 Å². The van der Waals surface area contributed by atoms with Crippen LogP contribution in [0, 0.1) is 0 Å². The van der Waals surface area contributed by atoms with Gasteiger partial charge >= 0.3 is 0 Å². The Kier molecular flexibility index (Phi) is 46.1. The molecule has 0 amide bonds. The Bertz CT molecular complexity index is 955. The molecule has 0 atom stereocenters. The lowest BCUT2D eigenvalue weighted by molar-refractivity contribution is 0.607. The van der Waals surface area contributed by atoms with Crippen molar-refractivity contribution in [3.63, 3.8) is 0 Å². The van der Waals surface area contributed by atoms with Crippen molar-refractivity contribution in [2.24, 2.45) is 0 Å². The smallest absolute Gasteiger partial charge is 0.153 e. The van der Waals surface area contributed by atoms with Crippen molar-refractivity contribution in [2.45, 2.75) is 272 Å². The summed E-state index contributed by atoms with van der Waals surface area (Å²) in [6.07, 6.45) is 25.9. The van der Waals surface area contributed by atoms with Gasteiger partial charge in [-0.25, -0.2) is 0 Å². The average Bonchev–Trinajstić information content (AvgIpc) is 3.18. The van der Waals surface area contributed by atoms with Gasteiger partial charge in [0, 0.05) is 0 Å². The summed E-state index contributed by atoms with van der Waals surface area (Å²) in [6.45, 7) is 51.1. The summed E-state index contributed by atoms with van der Waals surface area (Å²) in [5.74, 6) is 0. The van der Waals surface area contributed by atoms with Crippen LogP contribution in [0.15, 0.2) is 24.6 Å². The highest BCUT2D eigenvalue weighted by Crippen LogP contribution is 2.22. The van der Waals surface area contributed by atoms with E-state index in [1.807, 2.05) is 0 Å². The molecule has 0 N–H and O–H groups in total. The molecule has 0 unspecified atom stereocenters. The van der Waals surface area contributed by atoms with Gasteiger partial charge in [0.15, 0.2) is 8.96 Å². The molecule has 0 rings (SSSR count). The minimum absolute atomic E-state index is 0.558. The molecule has 0 aromatic carbocycles. The Hall–Kier alpha value is 1.06. The number of hydrogen-bond donors (Lipinski definition) is 0. The highest BCUT2D eigenvalue weighted by molar-refractivity contribution is 6.86. The molecule has 12 heteroatoms. The van der Waals surface area contributed by atoms with Gasteiger partial charge in [0.25, 0.3) is 0 Å². The first-order valence-electron chi connectivity index (χ1n) is 26.9. The van der Waals surface area contributed by atoms with E-state index in [9.17, 15) is 0 Å². The second-order valence-corrected chi connectivity index (χ2v) is 57.7. The normalized spacial score (nSPS) is 12.6. The molecular weight excluding hydrogens is 881 g/mol. The molecule has 376 valence electrons. The maximum absolute atomic E-state index is 3.84. The van der Waals surface area contributed by atoms with Crippen molar-refractivity contribution in [2.75, 3.05) is 28.2 Å². The summed E-state index contributed by atoms with van der Waals surface area (Å²) >= 11 is 0. The molecule has 0 heterocycles. The van der Waals surface area contributed by atoms with E-state index in [1.165, 1.54) is 140 Å². The standard InChI is InChI=1S/C20H47NSi2.C12H31NSi2.C10H27NSi2.C8H19NSi2/c1-7-9-11-13-15-17-19-22(21(3)23(4,5)6)20-18-16-14-12-10-8-2;1-7-9-11-14(12-10-8-2)13(3)15(4,5)6;1-7-9-12(10-8-2)11(3)13(4,5)6;1-7-10(8-2)9(3)11(4,5)6/h22H,7-20H2,1-6H3;14H,7-12H2,1-6H3;12H,7-10H2,1-6H3;7-8,10H,1-2H2,3-6H3. The zero-order chi connectivity index (χ0) is 49.0. The van der Waals surface area contributed by atoms with Crippen molar-refractivity contribution < 1.29 is 0 Å². The van der Waals surface area contributed by atoms with E-state index in [0.717, 1.165) is 0 Å². The van der Waals surface area contributed by atoms with Crippen LogP contribution in [-0.4, -0.2) is 114 Å². The lowest BCUT2D eigenvalue weighted by atomic mass is 10.1. The summed E-state index contributed by atoms with van der Waals surface area (Å²) in [5, 5.41) is 0. The summed E-state index contributed by atoms with van der Waals surface area (Å²) < 4.78 is 11.1. The monoisotopic (exact) mass is 1000 g/mol. The van der Waals surface area contributed by atoms with Crippen LogP contribution in [0.3, 0.4) is 0 Å². The average molecular weight is 1010 g/mol. The fourth-order valence-corrected chi connectivity index (χ4v) is 36.3. The Morgan fingerprint density at radius 3 is 0.742 bits per heavy atom.